The van der Waals surface area contributed by atoms with E-state index < -0.39 is 0 Å². The molecular formula is C14H20ClN3O2. The van der Waals surface area contributed by atoms with Crippen molar-refractivity contribution in [2.45, 2.75) is 13.8 Å². The van der Waals surface area contributed by atoms with Crippen LogP contribution >= 0.6 is 11.6 Å². The van der Waals surface area contributed by atoms with Gasteiger partial charge in [0.1, 0.15) is 5.15 Å². The fourth-order valence-corrected chi connectivity index (χ4v) is 2.23. The molecule has 1 aliphatic heterocycles. The Morgan fingerprint density at radius 2 is 2.10 bits per heavy atom. The highest BCUT2D eigenvalue weighted by Gasteiger charge is 2.22. The zero-order valence-corrected chi connectivity index (χ0v) is 12.6. The number of piperazine rings is 1. The summed E-state index contributed by atoms with van der Waals surface area (Å²) in [5.41, 5.74) is 1.04. The highest BCUT2D eigenvalue weighted by Crippen LogP contribution is 2.19. The summed E-state index contributed by atoms with van der Waals surface area (Å²) in [5, 5.41) is 0.487. The number of carbonyl (C=O) groups is 1. The third-order valence-corrected chi connectivity index (χ3v) is 3.36. The Labute approximate surface area is 124 Å². The maximum atomic E-state index is 11.9. The van der Waals surface area contributed by atoms with Crippen LogP contribution in [0.5, 0.6) is 0 Å². The Bertz CT molecular complexity index is 459. The summed E-state index contributed by atoms with van der Waals surface area (Å²) >= 11 is 5.89. The number of aromatic nitrogens is 1. The van der Waals surface area contributed by atoms with E-state index in [-0.39, 0.29) is 6.09 Å². The van der Waals surface area contributed by atoms with Crippen LogP contribution in [-0.2, 0) is 4.74 Å². The summed E-state index contributed by atoms with van der Waals surface area (Å²) < 4.78 is 5.24. The van der Waals surface area contributed by atoms with Crippen molar-refractivity contribution < 1.29 is 9.53 Å². The van der Waals surface area contributed by atoms with Crippen LogP contribution in [0.2, 0.25) is 5.15 Å². The van der Waals surface area contributed by atoms with Gasteiger partial charge in [-0.15, -0.1) is 0 Å². The molecule has 0 radical (unpaired) electrons. The molecule has 0 N–H and O–H groups in total. The number of nitrogens with zero attached hydrogens (tertiary/aromatic N) is 3. The Balaban J connectivity index is 1.84. The lowest BCUT2D eigenvalue weighted by Gasteiger charge is -2.35. The van der Waals surface area contributed by atoms with Crippen LogP contribution in [0.4, 0.5) is 10.5 Å². The first-order valence-corrected chi connectivity index (χ1v) is 7.22. The predicted molar refractivity (Wildman–Crippen MR) is 79.2 cm³/mol. The van der Waals surface area contributed by atoms with E-state index in [1.165, 1.54) is 0 Å². The van der Waals surface area contributed by atoms with Gasteiger partial charge in [-0.05, 0) is 18.1 Å². The first kappa shape index (κ1) is 14.9. The first-order chi connectivity index (χ1) is 9.56. The number of ether oxygens (including phenoxy) is 1. The molecular weight excluding hydrogens is 278 g/mol. The molecule has 110 valence electrons. The molecule has 1 aliphatic rings. The summed E-state index contributed by atoms with van der Waals surface area (Å²) in [6.45, 7) is 7.40. The zero-order valence-electron chi connectivity index (χ0n) is 11.9. The molecule has 0 unspecified atom stereocenters. The smallest absolute Gasteiger partial charge is 0.409 e. The Kier molecular flexibility index (Phi) is 5.06. The Morgan fingerprint density at radius 1 is 1.40 bits per heavy atom. The topological polar surface area (TPSA) is 45.7 Å². The standard InChI is InChI=1S/C14H20ClN3O2/c1-11(2)10-20-14(19)18-7-5-17(6-8-18)12-3-4-16-13(15)9-12/h3-4,9,11H,5-8,10H2,1-2H3. The van der Waals surface area contributed by atoms with Crippen LogP contribution in [0.3, 0.4) is 0 Å². The monoisotopic (exact) mass is 297 g/mol. The van der Waals surface area contributed by atoms with Gasteiger partial charge in [0, 0.05) is 38.1 Å². The van der Waals surface area contributed by atoms with E-state index in [1.54, 1.807) is 11.1 Å². The van der Waals surface area contributed by atoms with Crippen LogP contribution in [-0.4, -0.2) is 48.8 Å². The molecule has 1 aromatic heterocycles. The van der Waals surface area contributed by atoms with E-state index in [2.05, 4.69) is 9.88 Å². The fourth-order valence-electron chi connectivity index (χ4n) is 2.07. The maximum absolute atomic E-state index is 11.9. The quantitative estimate of drug-likeness (QED) is 0.805. The molecule has 0 bridgehead atoms. The number of amides is 1. The Morgan fingerprint density at radius 3 is 2.70 bits per heavy atom. The largest absolute Gasteiger partial charge is 0.449 e. The van der Waals surface area contributed by atoms with E-state index >= 15 is 0 Å². The van der Waals surface area contributed by atoms with E-state index in [1.807, 2.05) is 26.0 Å². The number of hydrogen-bond acceptors (Lipinski definition) is 4. The average molecular weight is 298 g/mol. The molecule has 1 saturated heterocycles. The number of anilines is 1. The third-order valence-electron chi connectivity index (χ3n) is 3.15. The number of halogens is 1. The normalized spacial score (nSPS) is 15.6. The van der Waals surface area contributed by atoms with Gasteiger partial charge < -0.3 is 14.5 Å². The molecule has 1 amide bonds. The van der Waals surface area contributed by atoms with Crippen molar-refractivity contribution >= 4 is 23.4 Å². The lowest BCUT2D eigenvalue weighted by molar-refractivity contribution is 0.0901. The molecule has 0 spiro atoms. The van der Waals surface area contributed by atoms with Gasteiger partial charge in [0.15, 0.2) is 0 Å². The number of rotatable bonds is 3. The average Bonchev–Trinajstić information content (AvgIpc) is 2.45. The molecule has 0 aromatic carbocycles. The van der Waals surface area contributed by atoms with Crippen molar-refractivity contribution in [2.75, 3.05) is 37.7 Å². The van der Waals surface area contributed by atoms with Gasteiger partial charge in [0.25, 0.3) is 0 Å². The highest BCUT2D eigenvalue weighted by atomic mass is 35.5. The lowest BCUT2D eigenvalue weighted by atomic mass is 10.2. The van der Waals surface area contributed by atoms with Gasteiger partial charge in [-0.2, -0.15) is 0 Å². The van der Waals surface area contributed by atoms with Crippen molar-refractivity contribution in [3.63, 3.8) is 0 Å². The van der Waals surface area contributed by atoms with Gasteiger partial charge in [0.2, 0.25) is 0 Å². The molecule has 6 heteroatoms. The second-order valence-electron chi connectivity index (χ2n) is 5.28. The molecule has 5 nitrogen and oxygen atoms in total. The molecule has 1 fully saturated rings. The number of carbonyl (C=O) groups excluding carboxylic acids is 1. The SMILES string of the molecule is CC(C)COC(=O)N1CCN(c2ccnc(Cl)c2)CC1. The van der Waals surface area contributed by atoms with E-state index in [9.17, 15) is 4.79 Å². The van der Waals surface area contributed by atoms with Gasteiger partial charge in [-0.3, -0.25) is 0 Å². The van der Waals surface area contributed by atoms with Crippen molar-refractivity contribution in [1.29, 1.82) is 0 Å². The highest BCUT2D eigenvalue weighted by molar-refractivity contribution is 6.29. The summed E-state index contributed by atoms with van der Waals surface area (Å²) in [5.74, 6) is 0.360. The minimum Gasteiger partial charge on any atom is -0.449 e. The molecule has 2 heterocycles. The Hall–Kier alpha value is -1.49. The second kappa shape index (κ2) is 6.79. The van der Waals surface area contributed by atoms with Crippen molar-refractivity contribution in [1.82, 2.24) is 9.88 Å². The lowest BCUT2D eigenvalue weighted by Crippen LogP contribution is -2.49. The maximum Gasteiger partial charge on any atom is 0.409 e. The van der Waals surface area contributed by atoms with Gasteiger partial charge in [-0.1, -0.05) is 25.4 Å². The van der Waals surface area contributed by atoms with Gasteiger partial charge in [0.05, 0.1) is 6.61 Å². The summed E-state index contributed by atoms with van der Waals surface area (Å²) in [7, 11) is 0. The molecule has 2 rings (SSSR count). The molecule has 0 atom stereocenters. The van der Waals surface area contributed by atoms with Crippen LogP contribution in [0.1, 0.15) is 13.8 Å². The van der Waals surface area contributed by atoms with E-state index in [0.29, 0.717) is 30.8 Å². The van der Waals surface area contributed by atoms with Crippen molar-refractivity contribution in [2.24, 2.45) is 5.92 Å². The van der Waals surface area contributed by atoms with Gasteiger partial charge in [-0.25, -0.2) is 9.78 Å². The van der Waals surface area contributed by atoms with Crippen LogP contribution in [0.15, 0.2) is 18.3 Å². The minimum atomic E-state index is -0.217. The molecule has 20 heavy (non-hydrogen) atoms. The summed E-state index contributed by atoms with van der Waals surface area (Å²) in [4.78, 5) is 19.8. The second-order valence-corrected chi connectivity index (χ2v) is 5.67. The fraction of sp³-hybridized carbons (Fsp3) is 0.571. The molecule has 0 saturated carbocycles. The predicted octanol–water partition coefficient (Wildman–Crippen LogP) is 2.65. The van der Waals surface area contributed by atoms with Crippen LogP contribution in [0.25, 0.3) is 0 Å². The molecule has 0 aliphatic carbocycles. The van der Waals surface area contributed by atoms with Gasteiger partial charge >= 0.3 is 6.09 Å². The van der Waals surface area contributed by atoms with Crippen molar-refractivity contribution in [3.8, 4) is 0 Å². The third kappa shape index (κ3) is 4.00. The van der Waals surface area contributed by atoms with Crippen LogP contribution in [0, 0.1) is 5.92 Å². The first-order valence-electron chi connectivity index (χ1n) is 6.84. The zero-order chi connectivity index (χ0) is 14.5. The number of hydrogen-bond donors (Lipinski definition) is 0. The van der Waals surface area contributed by atoms with E-state index in [4.69, 9.17) is 16.3 Å². The summed E-state index contributed by atoms with van der Waals surface area (Å²) in [6, 6.07) is 3.77. The minimum absolute atomic E-state index is 0.217. The van der Waals surface area contributed by atoms with Crippen LogP contribution < -0.4 is 4.90 Å². The van der Waals surface area contributed by atoms with E-state index in [0.717, 1.165) is 18.8 Å². The molecule has 1 aromatic rings. The summed E-state index contributed by atoms with van der Waals surface area (Å²) in [6.07, 6.45) is 1.48. The van der Waals surface area contributed by atoms with Crippen molar-refractivity contribution in [3.05, 3.63) is 23.5 Å². The number of pyridine rings is 1.